The number of hydrogen-bond acceptors (Lipinski definition) is 3. The Balaban J connectivity index is 2.60. The quantitative estimate of drug-likeness (QED) is 0.662. The van der Waals surface area contributed by atoms with Crippen LogP contribution in [0, 0.1) is 12.3 Å². The van der Waals surface area contributed by atoms with Crippen molar-refractivity contribution in [1.29, 1.82) is 0 Å². The number of nitrogens with zero attached hydrogens (tertiary/aromatic N) is 2. The Labute approximate surface area is 123 Å². The van der Waals surface area contributed by atoms with Crippen LogP contribution >= 0.6 is 0 Å². The molecule has 0 saturated heterocycles. The Morgan fingerprint density at radius 2 is 2.10 bits per heavy atom. The van der Waals surface area contributed by atoms with Gasteiger partial charge in [-0.25, -0.2) is 4.98 Å². The van der Waals surface area contributed by atoms with Crippen LogP contribution < -0.4 is 5.32 Å². The normalized spacial score (nSPS) is 11.8. The number of aryl methyl sites for hydroxylation is 1. The first-order valence-corrected chi connectivity index (χ1v) is 7.75. The van der Waals surface area contributed by atoms with Crippen LogP contribution in [-0.4, -0.2) is 29.8 Å². The minimum atomic E-state index is 0.306. The first-order chi connectivity index (χ1) is 9.48. The Bertz CT molecular complexity index is 385. The van der Waals surface area contributed by atoms with Crippen LogP contribution in [0.15, 0.2) is 6.20 Å². The van der Waals surface area contributed by atoms with Crippen molar-refractivity contribution in [1.82, 2.24) is 9.55 Å². The zero-order chi connectivity index (χ0) is 15.0. The summed E-state index contributed by atoms with van der Waals surface area (Å²) in [5.74, 6) is 0.961. The highest BCUT2D eigenvalue weighted by molar-refractivity contribution is 5.28. The molecule has 0 radical (unpaired) electrons. The molecule has 1 aromatic rings. The average Bonchev–Trinajstić information content (AvgIpc) is 2.69. The number of unbranched alkanes of at least 4 members (excludes halogenated alkanes) is 2. The molecule has 0 aromatic carbocycles. The molecule has 0 aliphatic rings. The Morgan fingerprint density at radius 1 is 1.35 bits per heavy atom. The van der Waals surface area contributed by atoms with Crippen molar-refractivity contribution in [3.63, 3.8) is 0 Å². The smallest absolute Gasteiger partial charge is 0.203 e. The van der Waals surface area contributed by atoms with Crippen LogP contribution in [0.25, 0.3) is 0 Å². The summed E-state index contributed by atoms with van der Waals surface area (Å²) in [4.78, 5) is 4.56. The molecule has 4 heteroatoms. The Hall–Kier alpha value is -1.03. The van der Waals surface area contributed by atoms with E-state index in [1.54, 1.807) is 7.11 Å². The number of anilines is 1. The molecular weight excluding hydrogens is 250 g/mol. The van der Waals surface area contributed by atoms with Gasteiger partial charge in [0.25, 0.3) is 0 Å². The van der Waals surface area contributed by atoms with Crippen LogP contribution in [0.3, 0.4) is 0 Å². The average molecular weight is 281 g/mol. The maximum atomic E-state index is 5.08. The molecule has 0 aliphatic heterocycles. The minimum absolute atomic E-state index is 0.306. The lowest BCUT2D eigenvalue weighted by Crippen LogP contribution is -2.21. The lowest BCUT2D eigenvalue weighted by molar-refractivity contribution is 0.210. The van der Waals surface area contributed by atoms with Crippen molar-refractivity contribution in [3.8, 4) is 0 Å². The molecule has 0 unspecified atom stereocenters. The van der Waals surface area contributed by atoms with Gasteiger partial charge < -0.3 is 14.6 Å². The fourth-order valence-corrected chi connectivity index (χ4v) is 2.47. The van der Waals surface area contributed by atoms with Crippen molar-refractivity contribution in [3.05, 3.63) is 11.9 Å². The van der Waals surface area contributed by atoms with Crippen LogP contribution in [0.1, 0.15) is 52.1 Å². The molecule has 116 valence electrons. The number of methoxy groups -OCH3 is 1. The second-order valence-corrected chi connectivity index (χ2v) is 6.37. The first-order valence-electron chi connectivity index (χ1n) is 7.75. The summed E-state index contributed by atoms with van der Waals surface area (Å²) >= 11 is 0. The summed E-state index contributed by atoms with van der Waals surface area (Å²) in [7, 11) is 1.72. The van der Waals surface area contributed by atoms with E-state index in [0.29, 0.717) is 12.0 Å². The van der Waals surface area contributed by atoms with Crippen molar-refractivity contribution < 1.29 is 4.74 Å². The number of aromatic nitrogens is 2. The Morgan fingerprint density at radius 3 is 2.75 bits per heavy atom. The molecule has 0 bridgehead atoms. The highest BCUT2D eigenvalue weighted by Gasteiger charge is 2.20. The predicted molar refractivity (Wildman–Crippen MR) is 85.3 cm³/mol. The largest absolute Gasteiger partial charge is 0.383 e. The van der Waals surface area contributed by atoms with Gasteiger partial charge in [-0.15, -0.1) is 0 Å². The van der Waals surface area contributed by atoms with E-state index in [2.05, 4.69) is 41.8 Å². The van der Waals surface area contributed by atoms with Crippen LogP contribution in [0.2, 0.25) is 0 Å². The number of nitrogens with one attached hydrogen (secondary N) is 1. The summed E-state index contributed by atoms with van der Waals surface area (Å²) in [6, 6.07) is 0. The number of imidazole rings is 1. The Kier molecular flexibility index (Phi) is 7.06. The molecule has 1 aromatic heterocycles. The van der Waals surface area contributed by atoms with E-state index < -0.39 is 0 Å². The van der Waals surface area contributed by atoms with E-state index in [1.165, 1.54) is 25.7 Å². The lowest BCUT2D eigenvalue weighted by atomic mass is 9.87. The number of ether oxygens (including phenoxy) is 1. The third kappa shape index (κ3) is 5.95. The standard InChI is InChI=1S/C16H31N3O/c1-6-7-8-9-16(3,4)13-19-12-14(2)18-15(19)17-10-11-20-5/h12H,6-11,13H2,1-5H3,(H,17,18). The van der Waals surface area contributed by atoms with Crippen molar-refractivity contribution in [2.75, 3.05) is 25.6 Å². The molecule has 1 N–H and O–H groups in total. The van der Waals surface area contributed by atoms with Crippen LogP contribution in [-0.2, 0) is 11.3 Å². The van der Waals surface area contributed by atoms with Gasteiger partial charge in [0.15, 0.2) is 0 Å². The SMILES string of the molecule is CCCCCC(C)(C)Cn1cc(C)nc1NCCOC. The zero-order valence-electron chi connectivity index (χ0n) is 13.8. The fraction of sp³-hybridized carbons (Fsp3) is 0.812. The first kappa shape index (κ1) is 17.0. The zero-order valence-corrected chi connectivity index (χ0v) is 13.8. The molecule has 0 amide bonds. The summed E-state index contributed by atoms with van der Waals surface area (Å²) in [6.07, 6.45) is 7.31. The van der Waals surface area contributed by atoms with Crippen LogP contribution in [0.4, 0.5) is 5.95 Å². The van der Waals surface area contributed by atoms with Gasteiger partial charge in [-0.3, -0.25) is 0 Å². The fourth-order valence-electron chi connectivity index (χ4n) is 2.47. The number of hydrogen-bond donors (Lipinski definition) is 1. The second kappa shape index (κ2) is 8.30. The van der Waals surface area contributed by atoms with E-state index in [1.807, 2.05) is 6.92 Å². The van der Waals surface area contributed by atoms with Crippen LogP contribution in [0.5, 0.6) is 0 Å². The molecule has 0 aliphatic carbocycles. The molecule has 0 spiro atoms. The van der Waals surface area contributed by atoms with E-state index in [0.717, 1.165) is 24.7 Å². The van der Waals surface area contributed by atoms with E-state index >= 15 is 0 Å². The summed E-state index contributed by atoms with van der Waals surface area (Å²) < 4.78 is 7.32. The second-order valence-electron chi connectivity index (χ2n) is 6.37. The highest BCUT2D eigenvalue weighted by Crippen LogP contribution is 2.27. The summed E-state index contributed by atoms with van der Waals surface area (Å²) in [5, 5.41) is 3.35. The molecular formula is C16H31N3O. The van der Waals surface area contributed by atoms with Crippen molar-refractivity contribution >= 4 is 5.95 Å². The third-order valence-corrected chi connectivity index (χ3v) is 3.54. The monoisotopic (exact) mass is 281 g/mol. The maximum absolute atomic E-state index is 5.08. The summed E-state index contributed by atoms with van der Waals surface area (Å²) in [6.45, 7) is 11.5. The highest BCUT2D eigenvalue weighted by atomic mass is 16.5. The number of rotatable bonds is 10. The molecule has 0 fully saturated rings. The van der Waals surface area contributed by atoms with E-state index in [9.17, 15) is 0 Å². The van der Waals surface area contributed by atoms with Crippen molar-refractivity contribution in [2.45, 2.75) is 59.9 Å². The maximum Gasteiger partial charge on any atom is 0.203 e. The van der Waals surface area contributed by atoms with E-state index in [-0.39, 0.29) is 0 Å². The molecule has 4 nitrogen and oxygen atoms in total. The van der Waals surface area contributed by atoms with Gasteiger partial charge in [0.1, 0.15) is 0 Å². The lowest BCUT2D eigenvalue weighted by Gasteiger charge is -2.26. The molecule has 0 saturated carbocycles. The third-order valence-electron chi connectivity index (χ3n) is 3.54. The molecule has 20 heavy (non-hydrogen) atoms. The van der Waals surface area contributed by atoms with Gasteiger partial charge in [0.2, 0.25) is 5.95 Å². The van der Waals surface area contributed by atoms with Crippen molar-refractivity contribution in [2.24, 2.45) is 5.41 Å². The molecule has 0 atom stereocenters. The van der Waals surface area contributed by atoms with Gasteiger partial charge in [-0.2, -0.15) is 0 Å². The topological polar surface area (TPSA) is 39.1 Å². The predicted octanol–water partition coefficient (Wildman–Crippen LogP) is 3.86. The van der Waals surface area contributed by atoms with Gasteiger partial charge in [0, 0.05) is 26.4 Å². The molecule has 1 heterocycles. The van der Waals surface area contributed by atoms with Gasteiger partial charge in [-0.05, 0) is 18.8 Å². The molecule has 1 rings (SSSR count). The van der Waals surface area contributed by atoms with E-state index in [4.69, 9.17) is 4.74 Å². The van der Waals surface area contributed by atoms with Gasteiger partial charge in [-0.1, -0.05) is 40.0 Å². The van der Waals surface area contributed by atoms with Gasteiger partial charge in [0.05, 0.1) is 12.3 Å². The minimum Gasteiger partial charge on any atom is -0.383 e. The summed E-state index contributed by atoms with van der Waals surface area (Å²) in [5.41, 5.74) is 1.37. The van der Waals surface area contributed by atoms with Gasteiger partial charge >= 0.3 is 0 Å².